The topological polar surface area (TPSA) is 21.9 Å². The van der Waals surface area contributed by atoms with Crippen LogP contribution in [0.15, 0.2) is 0 Å². The zero-order valence-electron chi connectivity index (χ0n) is 6.48. The van der Waals surface area contributed by atoms with Gasteiger partial charge < -0.3 is 5.32 Å². The Morgan fingerprint density at radius 3 is 1.78 bits per heavy atom. The van der Waals surface area contributed by atoms with Crippen molar-refractivity contribution in [3.63, 3.8) is 0 Å². The van der Waals surface area contributed by atoms with Gasteiger partial charge >= 0.3 is 0 Å². The Balaban J connectivity index is 0.000000120. The molecule has 2 fully saturated rings. The molecule has 0 radical (unpaired) electrons. The lowest BCUT2D eigenvalue weighted by Crippen LogP contribution is -1.88. The first-order valence-electron chi connectivity index (χ1n) is 4.14. The second-order valence-corrected chi connectivity index (χ2v) is 3.02. The molecule has 2 rings (SSSR count). The standard InChI is InChI=1S/C5H9N.C3H8/c1-2-4-5(3-1)6-4;1-3-2/h4-6H,1-3H2;3H2,1-2H3. The quantitative estimate of drug-likeness (QED) is 0.493. The van der Waals surface area contributed by atoms with E-state index in [1.54, 1.807) is 0 Å². The zero-order chi connectivity index (χ0) is 6.69. The Morgan fingerprint density at radius 2 is 1.67 bits per heavy atom. The van der Waals surface area contributed by atoms with Gasteiger partial charge in [0.1, 0.15) is 0 Å². The van der Waals surface area contributed by atoms with Crippen LogP contribution in [0, 0.1) is 0 Å². The molecule has 1 saturated carbocycles. The van der Waals surface area contributed by atoms with Gasteiger partial charge in [0.2, 0.25) is 0 Å². The molecule has 1 saturated heterocycles. The van der Waals surface area contributed by atoms with Crippen molar-refractivity contribution in [3.8, 4) is 0 Å². The lowest BCUT2D eigenvalue weighted by atomic mass is 10.3. The number of hydrogen-bond acceptors (Lipinski definition) is 1. The number of nitrogens with one attached hydrogen (secondary N) is 1. The van der Waals surface area contributed by atoms with E-state index in [0.717, 1.165) is 12.1 Å². The highest BCUT2D eigenvalue weighted by molar-refractivity contribution is 5.02. The fourth-order valence-corrected chi connectivity index (χ4v) is 1.35. The van der Waals surface area contributed by atoms with Crippen molar-refractivity contribution in [1.29, 1.82) is 0 Å². The van der Waals surface area contributed by atoms with Gasteiger partial charge in [0, 0.05) is 12.1 Å². The van der Waals surface area contributed by atoms with Crippen molar-refractivity contribution in [1.82, 2.24) is 5.32 Å². The first-order chi connectivity index (χ1) is 4.38. The fraction of sp³-hybridized carbons (Fsp3) is 1.00. The average Bonchev–Trinajstić information content (AvgIpc) is 2.43. The number of piperidine rings is 1. The summed E-state index contributed by atoms with van der Waals surface area (Å²) in [5.74, 6) is 0. The summed E-state index contributed by atoms with van der Waals surface area (Å²) in [5.41, 5.74) is 0. The van der Waals surface area contributed by atoms with Crippen molar-refractivity contribution in [2.75, 3.05) is 0 Å². The maximum atomic E-state index is 3.37. The van der Waals surface area contributed by atoms with E-state index in [1.807, 2.05) is 0 Å². The maximum Gasteiger partial charge on any atom is 0.0224 e. The van der Waals surface area contributed by atoms with Crippen LogP contribution in [-0.4, -0.2) is 12.1 Å². The normalized spacial score (nSPS) is 36.7. The predicted octanol–water partition coefficient (Wildman–Crippen LogP) is 1.93. The van der Waals surface area contributed by atoms with E-state index in [2.05, 4.69) is 19.2 Å². The van der Waals surface area contributed by atoms with E-state index in [-0.39, 0.29) is 0 Å². The van der Waals surface area contributed by atoms with Crippen molar-refractivity contribution >= 4 is 0 Å². The minimum absolute atomic E-state index is 0.963. The third-order valence-electron chi connectivity index (χ3n) is 1.83. The maximum absolute atomic E-state index is 3.37. The van der Waals surface area contributed by atoms with Gasteiger partial charge in [-0.3, -0.25) is 0 Å². The Bertz CT molecular complexity index is 72.6. The van der Waals surface area contributed by atoms with Crippen molar-refractivity contribution in [3.05, 3.63) is 0 Å². The lowest BCUT2D eigenvalue weighted by Gasteiger charge is -1.82. The van der Waals surface area contributed by atoms with Crippen LogP contribution >= 0.6 is 0 Å². The van der Waals surface area contributed by atoms with E-state index >= 15 is 0 Å². The molecule has 2 aliphatic rings. The Morgan fingerprint density at radius 1 is 1.22 bits per heavy atom. The molecule has 0 aromatic heterocycles. The fourth-order valence-electron chi connectivity index (χ4n) is 1.35. The highest BCUT2D eigenvalue weighted by atomic mass is 15.2. The smallest absolute Gasteiger partial charge is 0.0224 e. The third-order valence-corrected chi connectivity index (χ3v) is 1.83. The van der Waals surface area contributed by atoms with E-state index in [1.165, 1.54) is 25.7 Å². The zero-order valence-corrected chi connectivity index (χ0v) is 6.48. The lowest BCUT2D eigenvalue weighted by molar-refractivity contribution is 0.742. The van der Waals surface area contributed by atoms with Crippen LogP contribution in [0.3, 0.4) is 0 Å². The van der Waals surface area contributed by atoms with Gasteiger partial charge in [-0.25, -0.2) is 0 Å². The van der Waals surface area contributed by atoms with E-state index in [4.69, 9.17) is 0 Å². The van der Waals surface area contributed by atoms with Crippen LogP contribution in [0.2, 0.25) is 0 Å². The van der Waals surface area contributed by atoms with Crippen LogP contribution in [-0.2, 0) is 0 Å². The second kappa shape index (κ2) is 3.21. The molecule has 0 spiro atoms. The van der Waals surface area contributed by atoms with E-state index in [0.29, 0.717) is 0 Å². The van der Waals surface area contributed by atoms with Gasteiger partial charge in [-0.2, -0.15) is 0 Å². The molecule has 2 atom stereocenters. The van der Waals surface area contributed by atoms with Crippen LogP contribution in [0.25, 0.3) is 0 Å². The molecule has 1 aliphatic carbocycles. The Kier molecular flexibility index (Phi) is 2.52. The second-order valence-electron chi connectivity index (χ2n) is 3.02. The number of rotatable bonds is 0. The van der Waals surface area contributed by atoms with Crippen LogP contribution in [0.4, 0.5) is 0 Å². The summed E-state index contributed by atoms with van der Waals surface area (Å²) in [7, 11) is 0. The molecule has 1 aliphatic heterocycles. The molecule has 1 nitrogen and oxygen atoms in total. The van der Waals surface area contributed by atoms with Crippen molar-refractivity contribution in [2.45, 2.75) is 51.6 Å². The predicted molar refractivity (Wildman–Crippen MR) is 40.5 cm³/mol. The van der Waals surface area contributed by atoms with Gasteiger partial charge in [0.25, 0.3) is 0 Å². The van der Waals surface area contributed by atoms with Crippen LogP contribution < -0.4 is 5.32 Å². The molecule has 1 heterocycles. The number of hydrogen-bond donors (Lipinski definition) is 1. The minimum Gasteiger partial charge on any atom is -0.308 e. The molecule has 1 N–H and O–H groups in total. The highest BCUT2D eigenvalue weighted by Gasteiger charge is 2.39. The first-order valence-corrected chi connectivity index (χ1v) is 4.14. The van der Waals surface area contributed by atoms with Gasteiger partial charge in [-0.15, -0.1) is 0 Å². The largest absolute Gasteiger partial charge is 0.308 e. The summed E-state index contributed by atoms with van der Waals surface area (Å²) < 4.78 is 0. The molecule has 0 bridgehead atoms. The van der Waals surface area contributed by atoms with E-state index in [9.17, 15) is 0 Å². The van der Waals surface area contributed by atoms with Gasteiger partial charge in [-0.05, 0) is 12.8 Å². The van der Waals surface area contributed by atoms with Gasteiger partial charge in [0.15, 0.2) is 0 Å². The summed E-state index contributed by atoms with van der Waals surface area (Å²) in [4.78, 5) is 0. The Labute approximate surface area is 57.8 Å². The molecule has 0 aromatic carbocycles. The summed E-state index contributed by atoms with van der Waals surface area (Å²) in [6, 6.07) is 1.93. The van der Waals surface area contributed by atoms with Crippen LogP contribution in [0.1, 0.15) is 39.5 Å². The first kappa shape index (κ1) is 7.07. The average molecular weight is 127 g/mol. The van der Waals surface area contributed by atoms with Crippen molar-refractivity contribution in [2.24, 2.45) is 0 Å². The van der Waals surface area contributed by atoms with Crippen LogP contribution in [0.5, 0.6) is 0 Å². The molecule has 1 heteroatoms. The highest BCUT2D eigenvalue weighted by Crippen LogP contribution is 2.29. The molecule has 2 unspecified atom stereocenters. The summed E-state index contributed by atoms with van der Waals surface area (Å²) in [5, 5.41) is 3.37. The Hall–Kier alpha value is -0.0400. The molecule has 0 amide bonds. The molecule has 54 valence electrons. The van der Waals surface area contributed by atoms with Gasteiger partial charge in [-0.1, -0.05) is 26.7 Å². The molecule has 9 heavy (non-hydrogen) atoms. The SMILES string of the molecule is C1CC2NC2C1.CCC. The number of fused-ring (bicyclic) bond motifs is 1. The molecule has 0 aromatic rings. The van der Waals surface area contributed by atoms with Crippen molar-refractivity contribution < 1.29 is 0 Å². The summed E-state index contributed by atoms with van der Waals surface area (Å²) in [6.07, 6.45) is 5.62. The third kappa shape index (κ3) is 1.98. The molecular weight excluding hydrogens is 110 g/mol. The minimum atomic E-state index is 0.963. The summed E-state index contributed by atoms with van der Waals surface area (Å²) >= 11 is 0. The monoisotopic (exact) mass is 127 g/mol. The summed E-state index contributed by atoms with van der Waals surface area (Å²) in [6.45, 7) is 4.25. The molecular formula is C8H17N. The van der Waals surface area contributed by atoms with Gasteiger partial charge in [0.05, 0.1) is 0 Å². The van der Waals surface area contributed by atoms with E-state index < -0.39 is 0 Å².